The lowest BCUT2D eigenvalue weighted by Gasteiger charge is -2.08. The monoisotopic (exact) mass is 282 g/mol. The lowest BCUT2D eigenvalue weighted by Crippen LogP contribution is -2.30. The Labute approximate surface area is 114 Å². The Kier molecular flexibility index (Phi) is 5.45. The van der Waals surface area contributed by atoms with Crippen molar-refractivity contribution < 1.29 is 24.0 Å². The number of nitro groups is 1. The second kappa shape index (κ2) is 7.07. The number of hydrogen-bond donors (Lipinski definition) is 1. The molecule has 8 nitrogen and oxygen atoms in total. The van der Waals surface area contributed by atoms with Crippen molar-refractivity contribution in [2.75, 3.05) is 20.3 Å². The molecule has 0 aliphatic heterocycles. The number of nitrogens with one attached hydrogen (secondary N) is 1. The van der Waals surface area contributed by atoms with Gasteiger partial charge in [-0.2, -0.15) is 0 Å². The van der Waals surface area contributed by atoms with Crippen LogP contribution in [0.5, 0.6) is 5.75 Å². The van der Waals surface area contributed by atoms with E-state index >= 15 is 0 Å². The Balaban J connectivity index is 2.87. The first kappa shape index (κ1) is 15.4. The van der Waals surface area contributed by atoms with Crippen molar-refractivity contribution in [2.24, 2.45) is 0 Å². The van der Waals surface area contributed by atoms with Gasteiger partial charge in [0.05, 0.1) is 24.2 Å². The second-order valence-electron chi connectivity index (χ2n) is 3.63. The molecule has 1 aromatic carbocycles. The zero-order valence-electron chi connectivity index (χ0n) is 11.0. The molecule has 0 aliphatic rings. The summed E-state index contributed by atoms with van der Waals surface area (Å²) in [7, 11) is 1.34. The van der Waals surface area contributed by atoms with Gasteiger partial charge in [-0.1, -0.05) is 0 Å². The Bertz CT molecular complexity index is 529. The van der Waals surface area contributed by atoms with Crippen molar-refractivity contribution >= 4 is 17.6 Å². The molecule has 0 aromatic heterocycles. The topological polar surface area (TPSA) is 108 Å². The third kappa shape index (κ3) is 3.94. The van der Waals surface area contributed by atoms with E-state index in [1.165, 1.54) is 19.2 Å². The zero-order chi connectivity index (χ0) is 15.1. The van der Waals surface area contributed by atoms with Gasteiger partial charge in [-0.3, -0.25) is 19.7 Å². The number of hydrogen-bond acceptors (Lipinski definition) is 6. The molecule has 0 heterocycles. The Hall–Kier alpha value is -2.64. The Morgan fingerprint density at radius 3 is 2.65 bits per heavy atom. The summed E-state index contributed by atoms with van der Waals surface area (Å²) in [6, 6.07) is 3.62. The first-order valence-electron chi connectivity index (χ1n) is 5.75. The maximum atomic E-state index is 11.9. The van der Waals surface area contributed by atoms with E-state index in [-0.39, 0.29) is 30.2 Å². The number of carbonyl (C=O) groups is 2. The van der Waals surface area contributed by atoms with Crippen LogP contribution >= 0.6 is 0 Å². The quantitative estimate of drug-likeness (QED) is 0.471. The van der Waals surface area contributed by atoms with Crippen molar-refractivity contribution in [1.82, 2.24) is 5.32 Å². The van der Waals surface area contributed by atoms with E-state index in [4.69, 9.17) is 4.74 Å². The summed E-state index contributed by atoms with van der Waals surface area (Å²) in [6.45, 7) is 1.52. The fourth-order valence-electron chi connectivity index (χ4n) is 1.45. The van der Waals surface area contributed by atoms with Crippen LogP contribution in [0.2, 0.25) is 0 Å². The standard InChI is InChI=1S/C12H14N2O6/c1-3-20-11(15)7-13-12(16)9-6-8(14(17)18)4-5-10(9)19-2/h4-6H,3,7H2,1-2H3,(H,13,16). The summed E-state index contributed by atoms with van der Waals surface area (Å²) in [6.07, 6.45) is 0. The molecule has 0 saturated carbocycles. The van der Waals surface area contributed by atoms with Gasteiger partial charge in [0.2, 0.25) is 0 Å². The smallest absolute Gasteiger partial charge is 0.325 e. The SMILES string of the molecule is CCOC(=O)CNC(=O)c1cc([N+](=O)[O-])ccc1OC. The highest BCUT2D eigenvalue weighted by Gasteiger charge is 2.18. The number of non-ortho nitro benzene ring substituents is 1. The van der Waals surface area contributed by atoms with Crippen LogP contribution in [0.25, 0.3) is 0 Å². The molecule has 0 bridgehead atoms. The fraction of sp³-hybridized carbons (Fsp3) is 0.333. The third-order valence-corrected chi connectivity index (χ3v) is 2.34. The van der Waals surface area contributed by atoms with Gasteiger partial charge in [0.15, 0.2) is 0 Å². The number of benzene rings is 1. The summed E-state index contributed by atoms with van der Waals surface area (Å²) in [5, 5.41) is 13.0. The van der Waals surface area contributed by atoms with Gasteiger partial charge in [0.25, 0.3) is 11.6 Å². The molecule has 8 heteroatoms. The number of ether oxygens (including phenoxy) is 2. The van der Waals surface area contributed by atoms with Crippen molar-refractivity contribution in [3.05, 3.63) is 33.9 Å². The van der Waals surface area contributed by atoms with Crippen molar-refractivity contribution in [2.45, 2.75) is 6.92 Å². The molecule has 1 N–H and O–H groups in total. The summed E-state index contributed by atoms with van der Waals surface area (Å²) < 4.78 is 9.61. The predicted molar refractivity (Wildman–Crippen MR) is 68.6 cm³/mol. The van der Waals surface area contributed by atoms with Gasteiger partial charge in [0, 0.05) is 12.1 Å². The molecule has 0 spiro atoms. The first-order chi connectivity index (χ1) is 9.49. The highest BCUT2D eigenvalue weighted by Crippen LogP contribution is 2.23. The van der Waals surface area contributed by atoms with Crippen LogP contribution in [0.15, 0.2) is 18.2 Å². The van der Waals surface area contributed by atoms with Crippen LogP contribution in [0.3, 0.4) is 0 Å². The molecule has 0 unspecified atom stereocenters. The summed E-state index contributed by atoms with van der Waals surface area (Å²) in [5.41, 5.74) is -0.266. The van der Waals surface area contributed by atoms with E-state index in [9.17, 15) is 19.7 Å². The number of amides is 1. The number of nitro benzene ring substituents is 1. The number of rotatable bonds is 6. The van der Waals surface area contributed by atoms with Gasteiger partial charge in [-0.05, 0) is 13.0 Å². The summed E-state index contributed by atoms with van der Waals surface area (Å²) >= 11 is 0. The third-order valence-electron chi connectivity index (χ3n) is 2.34. The number of nitrogens with zero attached hydrogens (tertiary/aromatic N) is 1. The lowest BCUT2D eigenvalue weighted by molar-refractivity contribution is -0.384. The van der Waals surface area contributed by atoms with E-state index in [1.54, 1.807) is 6.92 Å². The maximum Gasteiger partial charge on any atom is 0.325 e. The van der Waals surface area contributed by atoms with Crippen LogP contribution in [0, 0.1) is 10.1 Å². The maximum absolute atomic E-state index is 11.9. The van der Waals surface area contributed by atoms with E-state index in [2.05, 4.69) is 10.1 Å². The van der Waals surface area contributed by atoms with Gasteiger partial charge in [0.1, 0.15) is 12.3 Å². The van der Waals surface area contributed by atoms with Crippen molar-refractivity contribution in [3.63, 3.8) is 0 Å². The predicted octanol–water partition coefficient (Wildman–Crippen LogP) is 0.896. The molecule has 1 amide bonds. The minimum atomic E-state index is -0.654. The highest BCUT2D eigenvalue weighted by molar-refractivity contribution is 5.99. The lowest BCUT2D eigenvalue weighted by atomic mass is 10.1. The summed E-state index contributed by atoms with van der Waals surface area (Å²) in [5.74, 6) is -1.07. The minimum absolute atomic E-state index is 0.0222. The Morgan fingerprint density at radius 1 is 1.40 bits per heavy atom. The van der Waals surface area contributed by atoms with Gasteiger partial charge in [-0.15, -0.1) is 0 Å². The molecule has 0 radical (unpaired) electrons. The number of esters is 1. The van der Waals surface area contributed by atoms with Crippen molar-refractivity contribution in [1.29, 1.82) is 0 Å². The molecule has 1 aromatic rings. The van der Waals surface area contributed by atoms with E-state index in [0.29, 0.717) is 0 Å². The molecule has 1 rings (SSSR count). The van der Waals surface area contributed by atoms with E-state index in [0.717, 1.165) is 6.07 Å². The zero-order valence-corrected chi connectivity index (χ0v) is 11.0. The van der Waals surface area contributed by atoms with Crippen LogP contribution in [-0.4, -0.2) is 37.1 Å². The van der Waals surface area contributed by atoms with E-state index < -0.39 is 16.8 Å². The molecular formula is C12H14N2O6. The average Bonchev–Trinajstić information content (AvgIpc) is 2.44. The van der Waals surface area contributed by atoms with Gasteiger partial charge < -0.3 is 14.8 Å². The second-order valence-corrected chi connectivity index (χ2v) is 3.63. The van der Waals surface area contributed by atoms with Crippen LogP contribution in [0.1, 0.15) is 17.3 Å². The Morgan fingerprint density at radius 2 is 2.10 bits per heavy atom. The molecule has 108 valence electrons. The number of carbonyl (C=O) groups excluding carboxylic acids is 2. The average molecular weight is 282 g/mol. The molecule has 0 saturated heterocycles. The summed E-state index contributed by atoms with van der Waals surface area (Å²) in [4.78, 5) is 33.1. The molecular weight excluding hydrogens is 268 g/mol. The number of methoxy groups -OCH3 is 1. The van der Waals surface area contributed by atoms with Crippen LogP contribution in [-0.2, 0) is 9.53 Å². The fourth-order valence-corrected chi connectivity index (χ4v) is 1.45. The molecule has 0 atom stereocenters. The molecule has 0 aliphatic carbocycles. The molecule has 0 fully saturated rings. The van der Waals surface area contributed by atoms with Crippen LogP contribution in [0.4, 0.5) is 5.69 Å². The van der Waals surface area contributed by atoms with E-state index in [1.807, 2.05) is 0 Å². The first-order valence-corrected chi connectivity index (χ1v) is 5.75. The van der Waals surface area contributed by atoms with Gasteiger partial charge >= 0.3 is 5.97 Å². The highest BCUT2D eigenvalue weighted by atomic mass is 16.6. The van der Waals surface area contributed by atoms with Gasteiger partial charge in [-0.25, -0.2) is 0 Å². The van der Waals surface area contributed by atoms with Crippen molar-refractivity contribution in [3.8, 4) is 5.75 Å². The normalized spacial score (nSPS) is 9.70. The molecule has 20 heavy (non-hydrogen) atoms. The van der Waals surface area contributed by atoms with Crippen LogP contribution < -0.4 is 10.1 Å². The largest absolute Gasteiger partial charge is 0.496 e. The minimum Gasteiger partial charge on any atom is -0.496 e.